The number of hydrogen-bond donors (Lipinski definition) is 1. The normalized spacial score (nSPS) is 18.1. The number of Topliss-reactive ketones (excluding diaryl/α,β-unsaturated/α-hetero) is 1. The van der Waals surface area contributed by atoms with Gasteiger partial charge >= 0.3 is 0 Å². The summed E-state index contributed by atoms with van der Waals surface area (Å²) in [6.07, 6.45) is 1.21. The molecule has 0 aromatic heterocycles. The maximum absolute atomic E-state index is 11.9. The van der Waals surface area contributed by atoms with Gasteiger partial charge in [0.15, 0.2) is 11.9 Å². The fourth-order valence-electron chi connectivity index (χ4n) is 1.96. The molecule has 0 saturated carbocycles. The lowest BCUT2D eigenvalue weighted by molar-refractivity contribution is -0.125. The quantitative estimate of drug-likeness (QED) is 0.880. The maximum Gasteiger partial charge on any atom is 0.175 e. The van der Waals surface area contributed by atoms with Gasteiger partial charge in [-0.05, 0) is 18.6 Å². The van der Waals surface area contributed by atoms with Crippen LogP contribution in [-0.4, -0.2) is 38.9 Å². The fourth-order valence-corrected chi connectivity index (χ4v) is 2.63. The molecule has 6 heteroatoms. The van der Waals surface area contributed by atoms with Crippen LogP contribution in [-0.2, 0) is 14.6 Å². The minimum atomic E-state index is -3.01. The highest BCUT2D eigenvalue weighted by Gasteiger charge is 2.25. The lowest BCUT2D eigenvalue weighted by Crippen LogP contribution is -2.37. The van der Waals surface area contributed by atoms with Crippen molar-refractivity contribution in [2.24, 2.45) is 0 Å². The van der Waals surface area contributed by atoms with Crippen LogP contribution in [0.2, 0.25) is 0 Å². The fraction of sp³-hybridized carbons (Fsp3) is 0.462. The first-order valence-electron chi connectivity index (χ1n) is 6.16. The number of sulfone groups is 1. The molecule has 1 atom stereocenters. The number of carbonyl (C=O) groups excluding carboxylic acids is 1. The summed E-state index contributed by atoms with van der Waals surface area (Å²) in [5.41, 5.74) is 0.877. The molecular weight excluding hydrogens is 266 g/mol. The van der Waals surface area contributed by atoms with Crippen molar-refractivity contribution in [2.75, 3.05) is 23.9 Å². The molecule has 0 radical (unpaired) electrons. The summed E-state index contributed by atoms with van der Waals surface area (Å²) in [5.74, 6) is 0.635. The van der Waals surface area contributed by atoms with Crippen molar-refractivity contribution in [3.05, 3.63) is 24.3 Å². The number of ketones is 1. The molecule has 0 saturated heterocycles. The zero-order chi connectivity index (χ0) is 13.9. The van der Waals surface area contributed by atoms with E-state index < -0.39 is 15.9 Å². The third-order valence-electron chi connectivity index (χ3n) is 2.93. The summed E-state index contributed by atoms with van der Waals surface area (Å²) < 4.78 is 27.6. The Hall–Kier alpha value is -1.56. The molecule has 5 nitrogen and oxygen atoms in total. The molecule has 104 valence electrons. The molecule has 0 bridgehead atoms. The van der Waals surface area contributed by atoms with E-state index in [0.29, 0.717) is 18.7 Å². The van der Waals surface area contributed by atoms with Gasteiger partial charge in [0.05, 0.1) is 18.0 Å². The Bertz CT molecular complexity index is 568. The third kappa shape index (κ3) is 3.96. The first-order valence-corrected chi connectivity index (χ1v) is 8.22. The standard InChI is InChI=1S/C13H17NO4S/c1-19(16,17)8-4-6-11(15)13-9-14-10-5-2-3-7-12(10)18-13/h2-3,5,7,13-14H,4,6,8-9H2,1H3. The molecule has 0 fully saturated rings. The Morgan fingerprint density at radius 1 is 1.42 bits per heavy atom. The third-order valence-corrected chi connectivity index (χ3v) is 3.96. The number of para-hydroxylation sites is 2. The van der Waals surface area contributed by atoms with Crippen molar-refractivity contribution in [3.8, 4) is 5.75 Å². The van der Waals surface area contributed by atoms with Gasteiger partial charge in [-0.2, -0.15) is 0 Å². The van der Waals surface area contributed by atoms with E-state index in [2.05, 4.69) is 5.32 Å². The van der Waals surface area contributed by atoms with Gasteiger partial charge in [0, 0.05) is 12.7 Å². The molecule has 0 spiro atoms. The number of fused-ring (bicyclic) bond motifs is 1. The Labute approximate surface area is 112 Å². The zero-order valence-electron chi connectivity index (χ0n) is 10.8. The van der Waals surface area contributed by atoms with Crippen LogP contribution in [0.3, 0.4) is 0 Å². The van der Waals surface area contributed by atoms with E-state index in [9.17, 15) is 13.2 Å². The van der Waals surface area contributed by atoms with Gasteiger partial charge in [0.1, 0.15) is 15.6 Å². The van der Waals surface area contributed by atoms with Gasteiger partial charge in [0.25, 0.3) is 0 Å². The second-order valence-corrected chi connectivity index (χ2v) is 6.94. The summed E-state index contributed by atoms with van der Waals surface area (Å²) in [6, 6.07) is 7.43. The van der Waals surface area contributed by atoms with E-state index in [-0.39, 0.29) is 18.0 Å². The average Bonchev–Trinajstić information content (AvgIpc) is 2.36. The number of hydrogen-bond acceptors (Lipinski definition) is 5. The number of rotatable bonds is 5. The van der Waals surface area contributed by atoms with Gasteiger partial charge in [0.2, 0.25) is 0 Å². The van der Waals surface area contributed by atoms with Crippen LogP contribution in [0.4, 0.5) is 5.69 Å². The van der Waals surface area contributed by atoms with Gasteiger partial charge in [-0.15, -0.1) is 0 Å². The predicted octanol–water partition coefficient (Wildman–Crippen LogP) is 1.25. The maximum atomic E-state index is 11.9. The molecule has 1 aromatic carbocycles. The predicted molar refractivity (Wildman–Crippen MR) is 73.3 cm³/mol. The zero-order valence-corrected chi connectivity index (χ0v) is 11.6. The largest absolute Gasteiger partial charge is 0.479 e. The minimum absolute atomic E-state index is 0.0372. The van der Waals surface area contributed by atoms with Gasteiger partial charge in [-0.1, -0.05) is 12.1 Å². The van der Waals surface area contributed by atoms with Crippen molar-refractivity contribution < 1.29 is 17.9 Å². The number of anilines is 1. The van der Waals surface area contributed by atoms with Crippen molar-refractivity contribution >= 4 is 21.3 Å². The topological polar surface area (TPSA) is 72.5 Å². The summed E-state index contributed by atoms with van der Waals surface area (Å²) >= 11 is 0. The first kappa shape index (κ1) is 13.9. The van der Waals surface area contributed by atoms with Crippen molar-refractivity contribution in [2.45, 2.75) is 18.9 Å². The van der Waals surface area contributed by atoms with Gasteiger partial charge in [-0.3, -0.25) is 4.79 Å². The van der Waals surface area contributed by atoms with Crippen LogP contribution in [0.15, 0.2) is 24.3 Å². The van der Waals surface area contributed by atoms with Crippen molar-refractivity contribution in [3.63, 3.8) is 0 Å². The molecule has 0 amide bonds. The van der Waals surface area contributed by atoms with E-state index in [1.807, 2.05) is 18.2 Å². The van der Waals surface area contributed by atoms with Gasteiger partial charge < -0.3 is 10.1 Å². The summed E-state index contributed by atoms with van der Waals surface area (Å²) in [6.45, 7) is 0.425. The molecule has 2 rings (SSSR count). The van der Waals surface area contributed by atoms with Crippen LogP contribution in [0, 0.1) is 0 Å². The van der Waals surface area contributed by atoms with Crippen LogP contribution in [0.1, 0.15) is 12.8 Å². The lowest BCUT2D eigenvalue weighted by Gasteiger charge is -2.26. The Morgan fingerprint density at radius 3 is 2.89 bits per heavy atom. The van der Waals surface area contributed by atoms with E-state index in [1.165, 1.54) is 6.26 Å². The summed E-state index contributed by atoms with van der Waals surface area (Å²) in [7, 11) is -3.01. The molecular formula is C13H17NO4S. The molecule has 19 heavy (non-hydrogen) atoms. The second kappa shape index (κ2) is 5.61. The Balaban J connectivity index is 1.89. The highest BCUT2D eigenvalue weighted by Crippen LogP contribution is 2.28. The van der Waals surface area contributed by atoms with Crippen molar-refractivity contribution in [1.29, 1.82) is 0 Å². The summed E-state index contributed by atoms with van der Waals surface area (Å²) in [5, 5.41) is 3.14. The molecule has 1 N–H and O–H groups in total. The first-order chi connectivity index (χ1) is 8.96. The second-order valence-electron chi connectivity index (χ2n) is 4.68. The molecule has 1 heterocycles. The van der Waals surface area contributed by atoms with E-state index in [1.54, 1.807) is 6.07 Å². The Morgan fingerprint density at radius 2 is 2.16 bits per heavy atom. The van der Waals surface area contributed by atoms with Crippen LogP contribution < -0.4 is 10.1 Å². The number of ether oxygens (including phenoxy) is 1. The van der Waals surface area contributed by atoms with E-state index in [4.69, 9.17) is 4.74 Å². The van der Waals surface area contributed by atoms with E-state index >= 15 is 0 Å². The molecule has 1 aliphatic rings. The highest BCUT2D eigenvalue weighted by molar-refractivity contribution is 7.90. The molecule has 0 aliphatic carbocycles. The smallest absolute Gasteiger partial charge is 0.175 e. The van der Waals surface area contributed by atoms with Gasteiger partial charge in [-0.25, -0.2) is 8.42 Å². The number of carbonyl (C=O) groups is 1. The Kier molecular flexibility index (Phi) is 4.09. The van der Waals surface area contributed by atoms with E-state index in [0.717, 1.165) is 5.69 Å². The molecule has 1 unspecified atom stereocenters. The lowest BCUT2D eigenvalue weighted by atomic mass is 10.1. The van der Waals surface area contributed by atoms with Crippen molar-refractivity contribution in [1.82, 2.24) is 0 Å². The number of benzene rings is 1. The highest BCUT2D eigenvalue weighted by atomic mass is 32.2. The minimum Gasteiger partial charge on any atom is -0.479 e. The molecule has 1 aromatic rings. The van der Waals surface area contributed by atoms with Crippen LogP contribution >= 0.6 is 0 Å². The molecule has 1 aliphatic heterocycles. The average molecular weight is 283 g/mol. The summed E-state index contributed by atoms with van der Waals surface area (Å²) in [4.78, 5) is 11.9. The van der Waals surface area contributed by atoms with Crippen LogP contribution in [0.25, 0.3) is 0 Å². The SMILES string of the molecule is CS(=O)(=O)CCCC(=O)C1CNc2ccccc2O1. The van der Waals surface area contributed by atoms with Crippen LogP contribution in [0.5, 0.6) is 5.75 Å². The monoisotopic (exact) mass is 283 g/mol. The number of nitrogens with one attached hydrogen (secondary N) is 1.